The molecule has 0 unspecified atom stereocenters. The standard InChI is InChI=1S/C17H27N3O4.HI/c1-22-14-11-13(12-15(23-2)16(14)24-3)19-17(21)18-7-10-20-8-5-4-6-9-20;/h11-12H,4-10H2,1-3H3,(H2,18,19,21);1H. The van der Waals surface area contributed by atoms with Crippen LogP contribution in [0.4, 0.5) is 10.5 Å². The number of nitrogens with one attached hydrogen (secondary N) is 3. The van der Waals surface area contributed by atoms with Crippen LogP contribution in [0.3, 0.4) is 0 Å². The highest BCUT2D eigenvalue weighted by atomic mass is 127. The van der Waals surface area contributed by atoms with Gasteiger partial charge in [0.2, 0.25) is 5.75 Å². The number of carbonyl (C=O) groups excluding carboxylic acids is 1. The minimum Gasteiger partial charge on any atom is -1.00 e. The van der Waals surface area contributed by atoms with Gasteiger partial charge in [0, 0.05) is 12.1 Å². The summed E-state index contributed by atoms with van der Waals surface area (Å²) >= 11 is 0. The Kier molecular flexibility index (Phi) is 9.73. The zero-order chi connectivity index (χ0) is 17.4. The van der Waals surface area contributed by atoms with Crippen molar-refractivity contribution in [2.45, 2.75) is 19.3 Å². The molecule has 142 valence electrons. The van der Waals surface area contributed by atoms with Crippen LogP contribution in [0.2, 0.25) is 0 Å². The summed E-state index contributed by atoms with van der Waals surface area (Å²) in [6.45, 7) is 4.03. The van der Waals surface area contributed by atoms with Crippen LogP contribution in [0, 0.1) is 0 Å². The van der Waals surface area contributed by atoms with Gasteiger partial charge in [0.05, 0.1) is 53.2 Å². The van der Waals surface area contributed by atoms with Crippen molar-refractivity contribution in [2.75, 3.05) is 52.8 Å². The molecule has 1 aliphatic rings. The number of carbonyl (C=O) groups is 1. The second-order valence-corrected chi connectivity index (χ2v) is 5.86. The molecule has 1 saturated heterocycles. The van der Waals surface area contributed by atoms with Gasteiger partial charge in [-0.1, -0.05) is 0 Å². The van der Waals surface area contributed by atoms with Crippen molar-refractivity contribution in [3.63, 3.8) is 0 Å². The lowest BCUT2D eigenvalue weighted by Gasteiger charge is -2.23. The second-order valence-electron chi connectivity index (χ2n) is 5.86. The van der Waals surface area contributed by atoms with E-state index in [9.17, 15) is 4.79 Å². The Morgan fingerprint density at radius 3 is 2.16 bits per heavy atom. The number of ether oxygens (including phenoxy) is 3. The molecule has 0 spiro atoms. The Balaban J connectivity index is 0.00000312. The highest BCUT2D eigenvalue weighted by molar-refractivity contribution is 5.90. The van der Waals surface area contributed by atoms with Crippen molar-refractivity contribution in [1.29, 1.82) is 0 Å². The van der Waals surface area contributed by atoms with Crippen LogP contribution >= 0.6 is 0 Å². The minimum absolute atomic E-state index is 0. The van der Waals surface area contributed by atoms with Crippen LogP contribution in [-0.4, -0.2) is 53.5 Å². The predicted molar refractivity (Wildman–Crippen MR) is 92.5 cm³/mol. The molecule has 1 aliphatic heterocycles. The Morgan fingerprint density at radius 1 is 1.04 bits per heavy atom. The van der Waals surface area contributed by atoms with Gasteiger partial charge in [-0.15, -0.1) is 0 Å². The number of urea groups is 1. The fourth-order valence-corrected chi connectivity index (χ4v) is 2.98. The van der Waals surface area contributed by atoms with Gasteiger partial charge in [-0.25, -0.2) is 4.79 Å². The number of amides is 2. The molecule has 25 heavy (non-hydrogen) atoms. The number of likely N-dealkylation sites (tertiary alicyclic amines) is 1. The van der Waals surface area contributed by atoms with E-state index in [0.717, 1.165) is 6.54 Å². The van der Waals surface area contributed by atoms with E-state index in [-0.39, 0.29) is 30.0 Å². The average molecular weight is 465 g/mol. The summed E-state index contributed by atoms with van der Waals surface area (Å²) in [5.41, 5.74) is 0.590. The van der Waals surface area contributed by atoms with E-state index >= 15 is 0 Å². The molecular weight excluding hydrogens is 437 g/mol. The highest BCUT2D eigenvalue weighted by Crippen LogP contribution is 2.39. The minimum atomic E-state index is -0.235. The Hall–Kier alpha value is -1.42. The zero-order valence-corrected chi connectivity index (χ0v) is 17.3. The van der Waals surface area contributed by atoms with Crippen molar-refractivity contribution in [3.8, 4) is 17.2 Å². The number of halogens is 1. The van der Waals surface area contributed by atoms with E-state index in [1.54, 1.807) is 38.4 Å². The molecule has 2 amide bonds. The van der Waals surface area contributed by atoms with Gasteiger partial charge in [0.25, 0.3) is 0 Å². The maximum atomic E-state index is 12.1. The van der Waals surface area contributed by atoms with Crippen molar-refractivity contribution >= 4 is 11.7 Å². The molecule has 0 aliphatic carbocycles. The number of methoxy groups -OCH3 is 3. The van der Waals surface area contributed by atoms with Crippen LogP contribution < -0.4 is 53.7 Å². The Labute approximate surface area is 166 Å². The van der Waals surface area contributed by atoms with Crippen molar-refractivity contribution in [3.05, 3.63) is 12.1 Å². The van der Waals surface area contributed by atoms with Gasteiger partial charge in [-0.05, 0) is 19.3 Å². The number of quaternary nitrogens is 1. The number of hydrogen-bond acceptors (Lipinski definition) is 4. The topological polar surface area (TPSA) is 73.3 Å². The first-order valence-corrected chi connectivity index (χ1v) is 8.36. The highest BCUT2D eigenvalue weighted by Gasteiger charge is 2.15. The fraction of sp³-hybridized carbons (Fsp3) is 0.588. The number of anilines is 1. The normalized spacial score (nSPS) is 14.2. The molecule has 0 radical (unpaired) electrons. The maximum Gasteiger partial charge on any atom is 0.319 e. The lowest BCUT2D eigenvalue weighted by Crippen LogP contribution is -3.13. The molecule has 1 aromatic rings. The maximum absolute atomic E-state index is 12.1. The van der Waals surface area contributed by atoms with Gasteiger partial charge in [0.1, 0.15) is 0 Å². The van der Waals surface area contributed by atoms with Crippen LogP contribution in [0.25, 0.3) is 0 Å². The Bertz CT molecular complexity index is 526. The molecule has 2 rings (SSSR count). The smallest absolute Gasteiger partial charge is 0.319 e. The van der Waals surface area contributed by atoms with Crippen LogP contribution in [0.5, 0.6) is 17.2 Å². The number of benzene rings is 1. The third-order valence-corrected chi connectivity index (χ3v) is 4.25. The third-order valence-electron chi connectivity index (χ3n) is 4.25. The molecule has 0 saturated carbocycles. The molecule has 0 bridgehead atoms. The predicted octanol–water partition coefficient (Wildman–Crippen LogP) is -2.09. The van der Waals surface area contributed by atoms with Gasteiger partial charge in [0.15, 0.2) is 11.5 Å². The third kappa shape index (κ3) is 6.43. The lowest BCUT2D eigenvalue weighted by atomic mass is 10.1. The summed E-state index contributed by atoms with van der Waals surface area (Å²) in [6, 6.07) is 3.17. The van der Waals surface area contributed by atoms with Gasteiger partial charge < -0.3 is 53.7 Å². The van der Waals surface area contributed by atoms with Crippen LogP contribution in [0.15, 0.2) is 12.1 Å². The first-order chi connectivity index (χ1) is 11.7. The largest absolute Gasteiger partial charge is 1.00 e. The molecule has 0 atom stereocenters. The van der Waals surface area contributed by atoms with E-state index < -0.39 is 0 Å². The van der Waals surface area contributed by atoms with Crippen molar-refractivity contribution in [2.24, 2.45) is 0 Å². The quantitative estimate of drug-likeness (QED) is 0.404. The number of hydrogen-bond donors (Lipinski definition) is 3. The van der Waals surface area contributed by atoms with Crippen molar-refractivity contribution < 1.29 is 47.9 Å². The van der Waals surface area contributed by atoms with Crippen molar-refractivity contribution in [1.82, 2.24) is 5.32 Å². The summed E-state index contributed by atoms with van der Waals surface area (Å²) in [5.74, 6) is 1.51. The van der Waals surface area contributed by atoms with E-state index in [1.165, 1.54) is 32.4 Å². The van der Waals surface area contributed by atoms with E-state index in [2.05, 4.69) is 10.6 Å². The molecule has 1 fully saturated rings. The number of rotatable bonds is 7. The summed E-state index contributed by atoms with van der Waals surface area (Å²) in [7, 11) is 4.63. The van der Waals surface area contributed by atoms with Gasteiger partial charge in [-0.3, -0.25) is 0 Å². The molecule has 1 aromatic carbocycles. The van der Waals surface area contributed by atoms with E-state index in [0.29, 0.717) is 29.5 Å². The average Bonchev–Trinajstić information content (AvgIpc) is 2.61. The van der Waals surface area contributed by atoms with E-state index in [1.807, 2.05) is 0 Å². The summed E-state index contributed by atoms with van der Waals surface area (Å²) < 4.78 is 15.8. The van der Waals surface area contributed by atoms with Gasteiger partial charge >= 0.3 is 6.03 Å². The monoisotopic (exact) mass is 465 g/mol. The fourth-order valence-electron chi connectivity index (χ4n) is 2.98. The van der Waals surface area contributed by atoms with Gasteiger partial charge in [-0.2, -0.15) is 0 Å². The summed E-state index contributed by atoms with van der Waals surface area (Å²) in [5, 5.41) is 5.70. The van der Waals surface area contributed by atoms with Crippen LogP contribution in [0.1, 0.15) is 19.3 Å². The molecular formula is C17H28IN3O4. The summed E-state index contributed by atoms with van der Waals surface area (Å²) in [6.07, 6.45) is 3.90. The van der Waals surface area contributed by atoms with E-state index in [4.69, 9.17) is 14.2 Å². The molecule has 3 N–H and O–H groups in total. The first-order valence-electron chi connectivity index (χ1n) is 8.36. The molecule has 0 aromatic heterocycles. The first kappa shape index (κ1) is 21.6. The number of piperidine rings is 1. The second kappa shape index (κ2) is 11.2. The lowest BCUT2D eigenvalue weighted by molar-refractivity contribution is -0.903. The Morgan fingerprint density at radius 2 is 1.64 bits per heavy atom. The molecule has 8 heteroatoms. The SMILES string of the molecule is COc1cc(NC(=O)NCC[NH+]2CCCCC2)cc(OC)c1OC.[I-]. The molecule has 7 nitrogen and oxygen atoms in total. The molecule has 1 heterocycles. The summed E-state index contributed by atoms with van der Waals surface area (Å²) in [4.78, 5) is 13.6. The zero-order valence-electron chi connectivity index (χ0n) is 15.1. The van der Waals surface area contributed by atoms with Crippen LogP contribution in [-0.2, 0) is 0 Å².